The van der Waals surface area contributed by atoms with Gasteiger partial charge in [-0.1, -0.05) is 23.7 Å². The smallest absolute Gasteiger partial charge is 0.243 e. The summed E-state index contributed by atoms with van der Waals surface area (Å²) in [5.41, 5.74) is 2.29. The molecule has 10 heteroatoms. The van der Waals surface area contributed by atoms with Crippen molar-refractivity contribution in [1.29, 1.82) is 0 Å². The quantitative estimate of drug-likeness (QED) is 0.576. The monoisotopic (exact) mass is 451 g/mol. The average Bonchev–Trinajstić information content (AvgIpc) is 3.30. The predicted octanol–water partition coefficient (Wildman–Crippen LogP) is 2.48. The van der Waals surface area contributed by atoms with Crippen molar-refractivity contribution in [2.75, 3.05) is 13.1 Å². The Morgan fingerprint density at radius 1 is 1.34 bits per heavy atom. The van der Waals surface area contributed by atoms with Gasteiger partial charge in [-0.3, -0.25) is 4.68 Å². The molecule has 1 unspecified atom stereocenters. The summed E-state index contributed by atoms with van der Waals surface area (Å²) < 4.78 is 28.7. The van der Waals surface area contributed by atoms with Gasteiger partial charge in [0, 0.05) is 42.7 Å². The molecule has 0 fully saturated rings. The van der Waals surface area contributed by atoms with Gasteiger partial charge in [-0.05, 0) is 30.5 Å². The van der Waals surface area contributed by atoms with E-state index >= 15 is 0 Å². The molecule has 1 aromatic carbocycles. The van der Waals surface area contributed by atoms with Crippen LogP contribution in [0.5, 0.6) is 0 Å². The zero-order valence-electron chi connectivity index (χ0n) is 15.9. The molecule has 3 heterocycles. The third-order valence-electron chi connectivity index (χ3n) is 4.82. The number of hydrogen-bond donors (Lipinski definition) is 2. The highest BCUT2D eigenvalue weighted by Crippen LogP contribution is 2.30. The van der Waals surface area contributed by atoms with E-state index in [1.165, 1.54) is 27.5 Å². The number of halogens is 1. The van der Waals surface area contributed by atoms with Gasteiger partial charge < -0.3 is 5.32 Å². The maximum Gasteiger partial charge on any atom is 0.243 e. The molecule has 0 spiro atoms. The number of sulfonamides is 1. The van der Waals surface area contributed by atoms with E-state index in [0.29, 0.717) is 13.0 Å². The Morgan fingerprint density at radius 2 is 2.14 bits per heavy atom. The van der Waals surface area contributed by atoms with Gasteiger partial charge in [0.15, 0.2) is 0 Å². The van der Waals surface area contributed by atoms with Crippen LogP contribution in [0.1, 0.15) is 27.2 Å². The number of hydrogen-bond acceptors (Lipinski definition) is 6. The first kappa shape index (κ1) is 20.5. The molecule has 0 aliphatic carbocycles. The van der Waals surface area contributed by atoms with Crippen LogP contribution in [0.2, 0.25) is 5.02 Å². The van der Waals surface area contributed by atoms with Crippen LogP contribution in [0.25, 0.3) is 0 Å². The lowest BCUT2D eigenvalue weighted by atomic mass is 9.99. The molecule has 154 valence electrons. The van der Waals surface area contributed by atoms with Gasteiger partial charge in [-0.2, -0.15) is 5.10 Å². The Labute approximate surface area is 179 Å². The first-order chi connectivity index (χ1) is 13.9. The van der Waals surface area contributed by atoms with Crippen LogP contribution in [0.15, 0.2) is 41.6 Å². The van der Waals surface area contributed by atoms with E-state index in [1.807, 2.05) is 24.3 Å². The van der Waals surface area contributed by atoms with E-state index in [-0.39, 0.29) is 10.9 Å². The van der Waals surface area contributed by atoms with Gasteiger partial charge in [0.2, 0.25) is 10.0 Å². The van der Waals surface area contributed by atoms with Crippen molar-refractivity contribution in [3.63, 3.8) is 0 Å². The largest absolute Gasteiger partial charge is 0.308 e. The number of thiazole rings is 1. The van der Waals surface area contributed by atoms with Crippen molar-refractivity contribution in [1.82, 2.24) is 24.8 Å². The topological polar surface area (TPSA) is 88.9 Å². The Bertz CT molecular complexity index is 1090. The van der Waals surface area contributed by atoms with Crippen molar-refractivity contribution in [3.05, 3.63) is 62.8 Å². The van der Waals surface area contributed by atoms with E-state index in [1.54, 1.807) is 18.4 Å². The van der Waals surface area contributed by atoms with Crippen LogP contribution < -0.4 is 10.0 Å². The second kappa shape index (κ2) is 8.53. The highest BCUT2D eigenvalue weighted by atomic mass is 35.5. The van der Waals surface area contributed by atoms with E-state index < -0.39 is 10.0 Å². The standard InChI is InChI=1S/C19H22ClN5O2S2/c1-25-12-15(11-22-25)29(26,27)23-9-7-18-24-19-16(21-8-6-17(19)28-18)10-13-2-4-14(20)5-3-13/h2-5,11-12,16,21,23H,6-10H2,1H3. The molecule has 3 aromatic rings. The molecule has 0 bridgehead atoms. The van der Waals surface area contributed by atoms with E-state index in [0.717, 1.165) is 35.1 Å². The molecule has 2 N–H and O–H groups in total. The molecular weight excluding hydrogens is 430 g/mol. The molecule has 29 heavy (non-hydrogen) atoms. The summed E-state index contributed by atoms with van der Waals surface area (Å²) in [7, 11) is -1.86. The molecule has 1 atom stereocenters. The lowest BCUT2D eigenvalue weighted by Gasteiger charge is -2.23. The van der Waals surface area contributed by atoms with Crippen molar-refractivity contribution < 1.29 is 8.42 Å². The van der Waals surface area contributed by atoms with Crippen LogP contribution in [0.4, 0.5) is 0 Å². The van der Waals surface area contributed by atoms with Crippen LogP contribution in [0, 0.1) is 0 Å². The van der Waals surface area contributed by atoms with Crippen LogP contribution in [-0.2, 0) is 36.3 Å². The molecule has 4 rings (SSSR count). The van der Waals surface area contributed by atoms with Gasteiger partial charge in [0.05, 0.1) is 22.9 Å². The van der Waals surface area contributed by atoms with Crippen molar-refractivity contribution in [3.8, 4) is 0 Å². The average molecular weight is 452 g/mol. The minimum Gasteiger partial charge on any atom is -0.308 e. The highest BCUT2D eigenvalue weighted by Gasteiger charge is 2.25. The van der Waals surface area contributed by atoms with Crippen molar-refractivity contribution in [2.45, 2.75) is 30.2 Å². The molecule has 0 radical (unpaired) electrons. The molecule has 2 aromatic heterocycles. The second-order valence-corrected chi connectivity index (χ2v) is 10.4. The Balaban J connectivity index is 1.40. The first-order valence-corrected chi connectivity index (χ1v) is 12.0. The van der Waals surface area contributed by atoms with Crippen LogP contribution in [0.3, 0.4) is 0 Å². The lowest BCUT2D eigenvalue weighted by Crippen LogP contribution is -2.30. The van der Waals surface area contributed by atoms with Crippen molar-refractivity contribution in [2.24, 2.45) is 7.05 Å². The summed E-state index contributed by atoms with van der Waals surface area (Å²) in [6.07, 6.45) is 5.19. The maximum atomic E-state index is 12.3. The number of nitrogens with one attached hydrogen (secondary N) is 2. The molecule has 0 saturated heterocycles. The van der Waals surface area contributed by atoms with Gasteiger partial charge >= 0.3 is 0 Å². The number of benzene rings is 1. The summed E-state index contributed by atoms with van der Waals surface area (Å²) in [4.78, 5) is 6.28. The van der Waals surface area contributed by atoms with Gasteiger partial charge in [-0.15, -0.1) is 11.3 Å². The molecular formula is C19H22ClN5O2S2. The number of aryl methyl sites for hydroxylation is 1. The maximum absolute atomic E-state index is 12.3. The first-order valence-electron chi connectivity index (χ1n) is 9.35. The summed E-state index contributed by atoms with van der Waals surface area (Å²) >= 11 is 7.66. The number of fused-ring (bicyclic) bond motifs is 1. The minimum atomic E-state index is -3.55. The van der Waals surface area contributed by atoms with Crippen LogP contribution in [-0.4, -0.2) is 36.3 Å². The number of aromatic nitrogens is 3. The van der Waals surface area contributed by atoms with E-state index in [9.17, 15) is 8.42 Å². The predicted molar refractivity (Wildman–Crippen MR) is 114 cm³/mol. The van der Waals surface area contributed by atoms with E-state index in [2.05, 4.69) is 15.1 Å². The fourth-order valence-corrected chi connectivity index (χ4v) is 5.64. The SMILES string of the molecule is Cn1cc(S(=O)(=O)NCCc2nc3c(s2)CCNC3Cc2ccc(Cl)cc2)cn1. The van der Waals surface area contributed by atoms with E-state index in [4.69, 9.17) is 16.6 Å². The van der Waals surface area contributed by atoms with Crippen LogP contribution >= 0.6 is 22.9 Å². The normalized spacial score (nSPS) is 16.7. The molecule has 0 amide bonds. The fourth-order valence-electron chi connectivity index (χ4n) is 3.37. The molecule has 0 saturated carbocycles. The zero-order chi connectivity index (χ0) is 20.4. The zero-order valence-corrected chi connectivity index (χ0v) is 18.3. The third kappa shape index (κ3) is 4.87. The number of rotatable bonds is 7. The summed E-state index contributed by atoms with van der Waals surface area (Å²) in [6, 6.07) is 8.05. The Morgan fingerprint density at radius 3 is 2.86 bits per heavy atom. The summed E-state index contributed by atoms with van der Waals surface area (Å²) in [5.74, 6) is 0. The second-order valence-electron chi connectivity index (χ2n) is 7.00. The minimum absolute atomic E-state index is 0.164. The summed E-state index contributed by atoms with van der Waals surface area (Å²) in [6.45, 7) is 1.22. The molecule has 7 nitrogen and oxygen atoms in total. The third-order valence-corrected chi connectivity index (χ3v) is 7.68. The molecule has 1 aliphatic heterocycles. The molecule has 1 aliphatic rings. The lowest BCUT2D eigenvalue weighted by molar-refractivity contribution is 0.495. The Kier molecular flexibility index (Phi) is 6.03. The Hall–Kier alpha value is -1.78. The highest BCUT2D eigenvalue weighted by molar-refractivity contribution is 7.89. The van der Waals surface area contributed by atoms with Gasteiger partial charge in [0.25, 0.3) is 0 Å². The summed E-state index contributed by atoms with van der Waals surface area (Å²) in [5, 5.41) is 9.14. The fraction of sp³-hybridized carbons (Fsp3) is 0.368. The van der Waals surface area contributed by atoms with Gasteiger partial charge in [-0.25, -0.2) is 18.1 Å². The number of nitrogens with zero attached hydrogens (tertiary/aromatic N) is 3. The van der Waals surface area contributed by atoms with Crippen molar-refractivity contribution >= 4 is 33.0 Å². The van der Waals surface area contributed by atoms with Gasteiger partial charge in [0.1, 0.15) is 4.90 Å².